The molecule has 4 heteroatoms. The van der Waals surface area contributed by atoms with Crippen LogP contribution >= 0.6 is 0 Å². The molecule has 0 amide bonds. The Kier molecular flexibility index (Phi) is 3.37. The van der Waals surface area contributed by atoms with Crippen molar-refractivity contribution in [2.75, 3.05) is 5.43 Å². The van der Waals surface area contributed by atoms with Crippen molar-refractivity contribution in [3.8, 4) is 0 Å². The lowest BCUT2D eigenvalue weighted by atomic mass is 10.2. The van der Waals surface area contributed by atoms with Crippen molar-refractivity contribution in [3.63, 3.8) is 0 Å². The minimum Gasteiger partial charge on any atom is -0.261 e. The number of hydrazone groups is 1. The van der Waals surface area contributed by atoms with E-state index >= 15 is 0 Å². The number of fused-ring (bicyclic) bond motifs is 1. The van der Waals surface area contributed by atoms with E-state index in [1.165, 1.54) is 12.3 Å². The molecule has 0 atom stereocenters. The normalized spacial score (nSPS) is 11.1. The van der Waals surface area contributed by atoms with Crippen LogP contribution in [-0.4, -0.2) is 11.2 Å². The van der Waals surface area contributed by atoms with Crippen LogP contribution in [0, 0.1) is 5.82 Å². The van der Waals surface area contributed by atoms with Crippen LogP contribution in [0.2, 0.25) is 0 Å². The Morgan fingerprint density at radius 1 is 0.950 bits per heavy atom. The number of rotatable bonds is 3. The first-order chi connectivity index (χ1) is 9.83. The summed E-state index contributed by atoms with van der Waals surface area (Å²) < 4.78 is 13.4. The molecule has 0 aliphatic heterocycles. The summed E-state index contributed by atoms with van der Waals surface area (Å²) in [6.07, 6.45) is 1.44. The third-order valence-electron chi connectivity index (χ3n) is 2.89. The Morgan fingerprint density at radius 2 is 1.75 bits per heavy atom. The lowest BCUT2D eigenvalue weighted by Crippen LogP contribution is -1.95. The second-order valence-corrected chi connectivity index (χ2v) is 4.28. The van der Waals surface area contributed by atoms with Gasteiger partial charge in [0.15, 0.2) is 0 Å². The molecule has 0 unspecified atom stereocenters. The second-order valence-electron chi connectivity index (χ2n) is 4.28. The van der Waals surface area contributed by atoms with Crippen molar-refractivity contribution in [3.05, 3.63) is 72.0 Å². The van der Waals surface area contributed by atoms with E-state index in [0.717, 1.165) is 10.9 Å². The number of para-hydroxylation sites is 1. The van der Waals surface area contributed by atoms with Gasteiger partial charge in [-0.1, -0.05) is 36.4 Å². The quantitative estimate of drug-likeness (QED) is 0.577. The molecular formula is C16H12FN3. The van der Waals surface area contributed by atoms with E-state index < -0.39 is 0 Å². The molecule has 1 heterocycles. The van der Waals surface area contributed by atoms with Gasteiger partial charge in [-0.25, -0.2) is 9.37 Å². The summed E-state index contributed by atoms with van der Waals surface area (Å²) in [5.74, 6) is 0.320. The molecule has 2 aromatic carbocycles. The second kappa shape index (κ2) is 5.48. The third-order valence-corrected chi connectivity index (χ3v) is 2.89. The van der Waals surface area contributed by atoms with E-state index in [4.69, 9.17) is 0 Å². The number of halogens is 1. The first-order valence-electron chi connectivity index (χ1n) is 6.22. The van der Waals surface area contributed by atoms with Crippen LogP contribution < -0.4 is 5.43 Å². The number of nitrogens with zero attached hydrogens (tertiary/aromatic N) is 2. The van der Waals surface area contributed by atoms with Crippen LogP contribution in [0.1, 0.15) is 5.56 Å². The maximum Gasteiger partial charge on any atom is 0.146 e. The van der Waals surface area contributed by atoms with Crippen LogP contribution in [0.25, 0.3) is 10.9 Å². The Labute approximate surface area is 115 Å². The highest BCUT2D eigenvalue weighted by Crippen LogP contribution is 2.14. The van der Waals surface area contributed by atoms with Gasteiger partial charge in [-0.2, -0.15) is 5.10 Å². The van der Waals surface area contributed by atoms with E-state index in [2.05, 4.69) is 15.5 Å². The summed E-state index contributed by atoms with van der Waals surface area (Å²) in [5, 5.41) is 5.07. The fourth-order valence-corrected chi connectivity index (χ4v) is 1.88. The molecule has 0 spiro atoms. The Balaban J connectivity index is 1.78. The number of aromatic nitrogens is 1. The molecule has 3 aromatic rings. The Hall–Kier alpha value is -2.75. The summed E-state index contributed by atoms with van der Waals surface area (Å²) >= 11 is 0. The summed E-state index contributed by atoms with van der Waals surface area (Å²) in [6.45, 7) is 0. The first-order valence-corrected chi connectivity index (χ1v) is 6.22. The number of nitrogens with one attached hydrogen (secondary N) is 1. The Bertz CT molecular complexity index is 768. The molecule has 0 saturated heterocycles. The topological polar surface area (TPSA) is 37.3 Å². The number of pyridine rings is 1. The van der Waals surface area contributed by atoms with Gasteiger partial charge in [0.2, 0.25) is 0 Å². The van der Waals surface area contributed by atoms with Crippen molar-refractivity contribution in [1.29, 1.82) is 0 Å². The maximum absolute atomic E-state index is 13.4. The number of anilines is 1. The van der Waals surface area contributed by atoms with Gasteiger partial charge < -0.3 is 0 Å². The lowest BCUT2D eigenvalue weighted by Gasteiger charge is -2.01. The molecule has 0 saturated carbocycles. The van der Waals surface area contributed by atoms with E-state index in [-0.39, 0.29) is 5.82 Å². The molecule has 0 fully saturated rings. The molecule has 0 aliphatic carbocycles. The molecular weight excluding hydrogens is 253 g/mol. The zero-order chi connectivity index (χ0) is 13.8. The molecule has 20 heavy (non-hydrogen) atoms. The van der Waals surface area contributed by atoms with E-state index in [9.17, 15) is 4.39 Å². The van der Waals surface area contributed by atoms with Crippen LogP contribution in [0.15, 0.2) is 65.8 Å². The monoisotopic (exact) mass is 265 g/mol. The molecule has 0 bridgehead atoms. The average molecular weight is 265 g/mol. The molecule has 1 aromatic heterocycles. The SMILES string of the molecule is Fc1ccccc1/C=N/Nc1ccc2ccccc2n1. The van der Waals surface area contributed by atoms with Gasteiger partial charge in [0.1, 0.15) is 11.6 Å². The molecule has 3 rings (SSSR count). The van der Waals surface area contributed by atoms with Crippen LogP contribution in [0.3, 0.4) is 0 Å². The summed E-state index contributed by atoms with van der Waals surface area (Å²) in [4.78, 5) is 4.41. The number of hydrogen-bond donors (Lipinski definition) is 1. The zero-order valence-corrected chi connectivity index (χ0v) is 10.6. The fourth-order valence-electron chi connectivity index (χ4n) is 1.88. The van der Waals surface area contributed by atoms with Gasteiger partial charge in [-0.15, -0.1) is 0 Å². The predicted molar refractivity (Wildman–Crippen MR) is 79.4 cm³/mol. The highest BCUT2D eigenvalue weighted by atomic mass is 19.1. The van der Waals surface area contributed by atoms with Gasteiger partial charge in [0, 0.05) is 10.9 Å². The predicted octanol–water partition coefficient (Wildman–Crippen LogP) is 3.82. The van der Waals surface area contributed by atoms with Gasteiger partial charge >= 0.3 is 0 Å². The maximum atomic E-state index is 13.4. The Morgan fingerprint density at radius 3 is 2.65 bits per heavy atom. The summed E-state index contributed by atoms with van der Waals surface area (Å²) in [5.41, 5.74) is 4.12. The minimum atomic E-state index is -0.301. The lowest BCUT2D eigenvalue weighted by molar-refractivity contribution is 0.626. The van der Waals surface area contributed by atoms with Gasteiger partial charge in [0.25, 0.3) is 0 Å². The highest BCUT2D eigenvalue weighted by Gasteiger charge is 1.97. The first kappa shape index (κ1) is 12.3. The molecule has 3 nitrogen and oxygen atoms in total. The van der Waals surface area contributed by atoms with E-state index in [1.54, 1.807) is 18.2 Å². The average Bonchev–Trinajstić information content (AvgIpc) is 2.49. The number of hydrogen-bond acceptors (Lipinski definition) is 3. The third kappa shape index (κ3) is 2.64. The van der Waals surface area contributed by atoms with E-state index in [1.807, 2.05) is 36.4 Å². The van der Waals surface area contributed by atoms with Crippen molar-refractivity contribution in [2.45, 2.75) is 0 Å². The van der Waals surface area contributed by atoms with Crippen LogP contribution in [0.5, 0.6) is 0 Å². The van der Waals surface area contributed by atoms with Crippen LogP contribution in [-0.2, 0) is 0 Å². The highest BCUT2D eigenvalue weighted by molar-refractivity contribution is 5.82. The summed E-state index contributed by atoms with van der Waals surface area (Å²) in [7, 11) is 0. The van der Waals surface area contributed by atoms with Crippen molar-refractivity contribution >= 4 is 22.9 Å². The van der Waals surface area contributed by atoms with E-state index in [0.29, 0.717) is 11.4 Å². The van der Waals surface area contributed by atoms with Gasteiger partial charge in [0.05, 0.1) is 11.7 Å². The van der Waals surface area contributed by atoms with Crippen molar-refractivity contribution in [2.24, 2.45) is 5.10 Å². The zero-order valence-electron chi connectivity index (χ0n) is 10.6. The largest absolute Gasteiger partial charge is 0.261 e. The molecule has 0 aliphatic rings. The van der Waals surface area contributed by atoms with Crippen molar-refractivity contribution < 1.29 is 4.39 Å². The summed E-state index contributed by atoms with van der Waals surface area (Å²) in [6, 6.07) is 18.1. The fraction of sp³-hybridized carbons (Fsp3) is 0. The van der Waals surface area contributed by atoms with Gasteiger partial charge in [-0.3, -0.25) is 5.43 Å². The molecule has 98 valence electrons. The minimum absolute atomic E-state index is 0.301. The van der Waals surface area contributed by atoms with Crippen LogP contribution in [0.4, 0.5) is 10.2 Å². The van der Waals surface area contributed by atoms with Crippen molar-refractivity contribution in [1.82, 2.24) is 4.98 Å². The molecule has 1 N–H and O–H groups in total. The smallest absolute Gasteiger partial charge is 0.146 e. The standard InChI is InChI=1S/C16H12FN3/c17-14-7-3-1-6-13(14)11-18-20-16-10-9-12-5-2-4-8-15(12)19-16/h1-11H,(H,19,20)/b18-11+. The van der Waals surface area contributed by atoms with Gasteiger partial charge in [-0.05, 0) is 24.3 Å². The number of benzene rings is 2. The molecule has 0 radical (unpaired) electrons.